The largest absolute Gasteiger partial charge is 0.497 e. The van der Waals surface area contributed by atoms with E-state index in [1.54, 1.807) is 7.11 Å². The first kappa shape index (κ1) is 14.9. The maximum Gasteiger partial charge on any atom is 0.125 e. The van der Waals surface area contributed by atoms with Crippen LogP contribution >= 0.6 is 0 Å². The van der Waals surface area contributed by atoms with E-state index < -0.39 is 0 Å². The zero-order chi connectivity index (χ0) is 15.5. The van der Waals surface area contributed by atoms with Crippen molar-refractivity contribution >= 4 is 10.9 Å². The van der Waals surface area contributed by atoms with Gasteiger partial charge >= 0.3 is 0 Å². The molecule has 1 atom stereocenters. The van der Waals surface area contributed by atoms with Gasteiger partial charge in [0.25, 0.3) is 0 Å². The minimum atomic E-state index is -0.212. The van der Waals surface area contributed by atoms with Crippen molar-refractivity contribution in [1.29, 1.82) is 5.26 Å². The maximum atomic E-state index is 9.77. The summed E-state index contributed by atoms with van der Waals surface area (Å²) < 4.78 is 7.44. The van der Waals surface area contributed by atoms with Gasteiger partial charge in [0.05, 0.1) is 13.2 Å². The van der Waals surface area contributed by atoms with Gasteiger partial charge in [0.1, 0.15) is 11.8 Å². The third-order valence-corrected chi connectivity index (χ3v) is 4.38. The second-order valence-corrected chi connectivity index (χ2v) is 5.75. The smallest absolute Gasteiger partial charge is 0.125 e. The van der Waals surface area contributed by atoms with Crippen molar-refractivity contribution in [3.8, 4) is 11.8 Å². The number of nitrogens with one attached hydrogen (secondary N) is 1. The average Bonchev–Trinajstić information content (AvgIpc) is 2.72. The Balaban J connectivity index is 2.04. The van der Waals surface area contributed by atoms with E-state index in [2.05, 4.69) is 33.1 Å². The molecule has 5 nitrogen and oxygen atoms in total. The predicted octanol–water partition coefficient (Wildman–Crippen LogP) is 2.05. The second kappa shape index (κ2) is 6.39. The molecule has 0 radical (unpaired) electrons. The molecule has 2 aromatic rings. The fourth-order valence-corrected chi connectivity index (χ4v) is 3.22. The summed E-state index contributed by atoms with van der Waals surface area (Å²) in [6.45, 7) is 3.81. The molecule has 1 aromatic carbocycles. The van der Waals surface area contributed by atoms with Gasteiger partial charge in [0, 0.05) is 49.3 Å². The van der Waals surface area contributed by atoms with E-state index in [-0.39, 0.29) is 6.04 Å². The first-order valence-corrected chi connectivity index (χ1v) is 7.72. The van der Waals surface area contributed by atoms with E-state index in [9.17, 15) is 5.26 Å². The summed E-state index contributed by atoms with van der Waals surface area (Å²) in [6, 6.07) is 8.34. The second-order valence-electron chi connectivity index (χ2n) is 5.75. The van der Waals surface area contributed by atoms with Crippen LogP contribution in [0.5, 0.6) is 5.75 Å². The van der Waals surface area contributed by atoms with Crippen LogP contribution < -0.4 is 10.1 Å². The van der Waals surface area contributed by atoms with E-state index >= 15 is 0 Å². The molecule has 1 fully saturated rings. The van der Waals surface area contributed by atoms with Crippen molar-refractivity contribution < 1.29 is 4.74 Å². The molecule has 1 unspecified atom stereocenters. The number of aromatic nitrogens is 1. The summed E-state index contributed by atoms with van der Waals surface area (Å²) >= 11 is 0. The maximum absolute atomic E-state index is 9.77. The molecule has 1 aliphatic heterocycles. The van der Waals surface area contributed by atoms with E-state index in [0.29, 0.717) is 0 Å². The van der Waals surface area contributed by atoms with E-state index in [0.717, 1.165) is 54.8 Å². The zero-order valence-electron chi connectivity index (χ0n) is 13.2. The lowest BCUT2D eigenvalue weighted by Crippen LogP contribution is -2.31. The Morgan fingerprint density at radius 3 is 2.95 bits per heavy atom. The standard InChI is InChI=1S/C17H22N4O/c1-20-12-15(14-10-13(22-2)4-5-16(14)20)17(11-18)21-8-3-6-19-7-9-21/h4-5,10,12,17,19H,3,6-9H2,1-2H3. The molecule has 1 aromatic heterocycles. The number of fused-ring (bicyclic) bond motifs is 1. The molecule has 0 bridgehead atoms. The van der Waals surface area contributed by atoms with Crippen LogP contribution in [0.3, 0.4) is 0 Å². The number of hydrogen-bond donors (Lipinski definition) is 1. The Kier molecular flexibility index (Phi) is 4.32. The van der Waals surface area contributed by atoms with Gasteiger partial charge < -0.3 is 14.6 Å². The van der Waals surface area contributed by atoms with Crippen LogP contribution in [0.4, 0.5) is 0 Å². The first-order chi connectivity index (χ1) is 10.7. The van der Waals surface area contributed by atoms with Gasteiger partial charge in [-0.3, -0.25) is 4.90 Å². The molecule has 1 saturated heterocycles. The van der Waals surface area contributed by atoms with Crippen LogP contribution in [0.2, 0.25) is 0 Å². The molecular formula is C17H22N4O. The third kappa shape index (κ3) is 2.68. The number of hydrogen-bond acceptors (Lipinski definition) is 4. The summed E-state index contributed by atoms with van der Waals surface area (Å²) in [5, 5.41) is 14.3. The molecule has 1 N–H and O–H groups in total. The third-order valence-electron chi connectivity index (χ3n) is 4.38. The summed E-state index contributed by atoms with van der Waals surface area (Å²) in [4.78, 5) is 2.27. The van der Waals surface area contributed by atoms with Crippen molar-refractivity contribution in [2.24, 2.45) is 7.05 Å². The predicted molar refractivity (Wildman–Crippen MR) is 86.9 cm³/mol. The van der Waals surface area contributed by atoms with Crippen LogP contribution in [0.1, 0.15) is 18.0 Å². The van der Waals surface area contributed by atoms with Gasteiger partial charge in [-0.25, -0.2) is 0 Å². The van der Waals surface area contributed by atoms with Crippen LogP contribution in [0.25, 0.3) is 10.9 Å². The molecule has 5 heteroatoms. The molecule has 2 heterocycles. The monoisotopic (exact) mass is 298 g/mol. The minimum Gasteiger partial charge on any atom is -0.497 e. The van der Waals surface area contributed by atoms with E-state index in [4.69, 9.17) is 4.74 Å². The van der Waals surface area contributed by atoms with Crippen LogP contribution in [0.15, 0.2) is 24.4 Å². The molecule has 0 saturated carbocycles. The van der Waals surface area contributed by atoms with Crippen LogP contribution in [0, 0.1) is 11.3 Å². The minimum absolute atomic E-state index is 0.212. The van der Waals surface area contributed by atoms with Gasteiger partial charge in [-0.1, -0.05) is 0 Å². The Bertz CT molecular complexity index is 692. The van der Waals surface area contributed by atoms with Crippen molar-refractivity contribution in [1.82, 2.24) is 14.8 Å². The number of rotatable bonds is 3. The summed E-state index contributed by atoms with van der Waals surface area (Å²) in [7, 11) is 3.70. The topological polar surface area (TPSA) is 53.2 Å². The van der Waals surface area contributed by atoms with Crippen LogP contribution in [-0.2, 0) is 7.05 Å². The quantitative estimate of drug-likeness (QED) is 0.942. The fourth-order valence-electron chi connectivity index (χ4n) is 3.22. The summed E-state index contributed by atoms with van der Waals surface area (Å²) in [5.41, 5.74) is 2.20. The number of ether oxygens (including phenoxy) is 1. The average molecular weight is 298 g/mol. The normalized spacial score (nSPS) is 17.9. The number of nitriles is 1. The molecule has 0 spiro atoms. The lowest BCUT2D eigenvalue weighted by atomic mass is 10.0. The number of benzene rings is 1. The molecular weight excluding hydrogens is 276 g/mol. The number of methoxy groups -OCH3 is 1. The van der Waals surface area contributed by atoms with Gasteiger partial charge in [-0.15, -0.1) is 0 Å². The van der Waals surface area contributed by atoms with E-state index in [1.807, 2.05) is 19.2 Å². The summed E-state index contributed by atoms with van der Waals surface area (Å²) in [5.74, 6) is 0.828. The SMILES string of the molecule is COc1ccc2c(c1)c(C(C#N)N1CCCNCC1)cn2C. The van der Waals surface area contributed by atoms with Gasteiger partial charge in [0.15, 0.2) is 0 Å². The fraction of sp³-hybridized carbons (Fsp3) is 0.471. The van der Waals surface area contributed by atoms with Crippen LogP contribution in [-0.4, -0.2) is 42.8 Å². The number of nitrogens with zero attached hydrogens (tertiary/aromatic N) is 3. The molecule has 1 aliphatic rings. The molecule has 0 aliphatic carbocycles. The molecule has 0 amide bonds. The van der Waals surface area contributed by atoms with Crippen molar-refractivity contribution in [2.75, 3.05) is 33.3 Å². The highest BCUT2D eigenvalue weighted by Gasteiger charge is 2.24. The van der Waals surface area contributed by atoms with Gasteiger partial charge in [-0.2, -0.15) is 5.26 Å². The lowest BCUT2D eigenvalue weighted by molar-refractivity contribution is 0.253. The highest BCUT2D eigenvalue weighted by Crippen LogP contribution is 2.32. The Morgan fingerprint density at radius 2 is 2.18 bits per heavy atom. The number of aryl methyl sites for hydroxylation is 1. The summed E-state index contributed by atoms with van der Waals surface area (Å²) in [6.07, 6.45) is 3.16. The Morgan fingerprint density at radius 1 is 1.32 bits per heavy atom. The lowest BCUT2D eigenvalue weighted by Gasteiger charge is -2.24. The van der Waals surface area contributed by atoms with Crippen molar-refractivity contribution in [2.45, 2.75) is 12.5 Å². The van der Waals surface area contributed by atoms with Gasteiger partial charge in [0.2, 0.25) is 0 Å². The van der Waals surface area contributed by atoms with Gasteiger partial charge in [-0.05, 0) is 31.2 Å². The highest BCUT2D eigenvalue weighted by atomic mass is 16.5. The van der Waals surface area contributed by atoms with Crippen molar-refractivity contribution in [3.63, 3.8) is 0 Å². The highest BCUT2D eigenvalue weighted by molar-refractivity contribution is 5.86. The van der Waals surface area contributed by atoms with E-state index in [1.165, 1.54) is 0 Å². The Labute approximate surface area is 131 Å². The first-order valence-electron chi connectivity index (χ1n) is 7.72. The Hall–Kier alpha value is -2.03. The molecule has 3 rings (SSSR count). The van der Waals surface area contributed by atoms with Crippen molar-refractivity contribution in [3.05, 3.63) is 30.0 Å². The molecule has 22 heavy (non-hydrogen) atoms. The molecule has 116 valence electrons. The zero-order valence-corrected chi connectivity index (χ0v) is 13.2.